The molecule has 1 heterocycles. The molecule has 0 saturated heterocycles. The second-order valence-electron chi connectivity index (χ2n) is 4.32. The van der Waals surface area contributed by atoms with Crippen molar-refractivity contribution in [1.82, 2.24) is 10.3 Å². The first-order valence-electron chi connectivity index (χ1n) is 6.08. The molecule has 1 aromatic heterocycles. The van der Waals surface area contributed by atoms with Crippen molar-refractivity contribution in [2.24, 2.45) is 5.16 Å². The van der Waals surface area contributed by atoms with Crippen molar-refractivity contribution in [3.63, 3.8) is 0 Å². The maximum Gasteiger partial charge on any atom is 0.155 e. The minimum absolute atomic E-state index is 0.0940. The van der Waals surface area contributed by atoms with E-state index in [0.717, 1.165) is 25.0 Å². The largest absolute Gasteiger partial charge is 0.391 e. The molecule has 0 amide bonds. The summed E-state index contributed by atoms with van der Waals surface area (Å²) in [5.74, 6) is -0.296. The van der Waals surface area contributed by atoms with Crippen molar-refractivity contribution >= 4 is 5.71 Å². The third kappa shape index (κ3) is 2.47. The Balaban J connectivity index is 1.70. The average Bonchev–Trinajstić information content (AvgIpc) is 2.90. The first kappa shape index (κ1) is 11.8. The van der Waals surface area contributed by atoms with Gasteiger partial charge in [0, 0.05) is 5.56 Å². The van der Waals surface area contributed by atoms with Gasteiger partial charge >= 0.3 is 0 Å². The Morgan fingerprint density at radius 2 is 2.16 bits per heavy atom. The van der Waals surface area contributed by atoms with Crippen molar-refractivity contribution < 1.29 is 13.9 Å². The van der Waals surface area contributed by atoms with E-state index >= 15 is 0 Å². The Morgan fingerprint density at radius 3 is 3.05 bits per heavy atom. The second kappa shape index (κ2) is 5.17. The zero-order chi connectivity index (χ0) is 13.1. The molecule has 1 aliphatic rings. The summed E-state index contributed by atoms with van der Waals surface area (Å²) in [5, 5.41) is 11.6. The summed E-state index contributed by atoms with van der Waals surface area (Å²) in [6.07, 6.45) is 2.53. The molecule has 1 aliphatic carbocycles. The highest BCUT2D eigenvalue weighted by Crippen LogP contribution is 2.18. The van der Waals surface area contributed by atoms with Crippen LogP contribution in [0.3, 0.4) is 0 Å². The van der Waals surface area contributed by atoms with E-state index in [9.17, 15) is 4.39 Å². The fourth-order valence-electron chi connectivity index (χ4n) is 2.02. The summed E-state index contributed by atoms with van der Waals surface area (Å²) >= 11 is 0. The van der Waals surface area contributed by atoms with Gasteiger partial charge in [0.05, 0.1) is 0 Å². The van der Waals surface area contributed by atoms with Crippen molar-refractivity contribution in [2.45, 2.75) is 25.9 Å². The number of oxime groups is 1. The lowest BCUT2D eigenvalue weighted by atomic mass is 9.99. The molecular weight excluding hydrogens is 249 g/mol. The molecule has 0 aliphatic heterocycles. The molecule has 19 heavy (non-hydrogen) atoms. The number of hydrogen-bond acceptors (Lipinski definition) is 5. The van der Waals surface area contributed by atoms with E-state index in [0.29, 0.717) is 17.0 Å². The van der Waals surface area contributed by atoms with Crippen LogP contribution in [0.4, 0.5) is 4.39 Å². The number of fused-ring (bicyclic) bond motifs is 1. The maximum atomic E-state index is 13.4. The van der Waals surface area contributed by atoms with Crippen molar-refractivity contribution in [2.75, 3.05) is 0 Å². The van der Waals surface area contributed by atoms with Gasteiger partial charge in [-0.25, -0.2) is 9.02 Å². The van der Waals surface area contributed by atoms with Crippen molar-refractivity contribution in [1.29, 1.82) is 0 Å². The van der Waals surface area contributed by atoms with Crippen LogP contribution in [0.5, 0.6) is 0 Å². The maximum absolute atomic E-state index is 13.4. The molecule has 0 N–H and O–H groups in total. The lowest BCUT2D eigenvalue weighted by Crippen LogP contribution is -2.12. The van der Waals surface area contributed by atoms with Crippen LogP contribution < -0.4 is 0 Å². The van der Waals surface area contributed by atoms with Gasteiger partial charge in [-0.15, -0.1) is 0 Å². The molecule has 0 radical (unpaired) electrons. The molecule has 5 nitrogen and oxygen atoms in total. The summed E-state index contributed by atoms with van der Waals surface area (Å²) in [7, 11) is 0. The van der Waals surface area contributed by atoms with Gasteiger partial charge in [0.2, 0.25) is 0 Å². The van der Waals surface area contributed by atoms with Crippen LogP contribution in [-0.2, 0) is 17.9 Å². The minimum Gasteiger partial charge on any atom is -0.391 e. The first-order chi connectivity index (χ1) is 9.34. The van der Waals surface area contributed by atoms with Crippen LogP contribution >= 0.6 is 0 Å². The molecule has 0 unspecified atom stereocenters. The van der Waals surface area contributed by atoms with Crippen LogP contribution in [0, 0.1) is 5.82 Å². The third-order valence-electron chi connectivity index (χ3n) is 3.01. The molecular formula is C13H12FN3O2. The molecule has 0 saturated carbocycles. The number of aromatic nitrogens is 2. The van der Waals surface area contributed by atoms with Crippen molar-refractivity contribution in [3.8, 4) is 0 Å². The number of nitrogens with zero attached hydrogens (tertiary/aromatic N) is 3. The van der Waals surface area contributed by atoms with E-state index in [1.54, 1.807) is 18.2 Å². The van der Waals surface area contributed by atoms with Gasteiger partial charge in [0.15, 0.2) is 5.69 Å². The molecule has 1 aromatic carbocycles. The van der Waals surface area contributed by atoms with Crippen molar-refractivity contribution in [3.05, 3.63) is 47.0 Å². The van der Waals surface area contributed by atoms with Gasteiger partial charge in [0.1, 0.15) is 23.8 Å². The van der Waals surface area contributed by atoms with E-state index in [2.05, 4.69) is 20.1 Å². The normalized spacial score (nSPS) is 16.4. The molecule has 98 valence electrons. The Hall–Kier alpha value is -2.24. The SMILES string of the molecule is Fc1ccccc1CO/N=C1\CCCc2nonc21. The molecule has 0 fully saturated rings. The summed E-state index contributed by atoms with van der Waals surface area (Å²) in [5.41, 5.74) is 2.64. The minimum atomic E-state index is -0.296. The topological polar surface area (TPSA) is 60.5 Å². The van der Waals surface area contributed by atoms with Crippen LogP contribution in [0.2, 0.25) is 0 Å². The Labute approximate surface area is 109 Å². The van der Waals surface area contributed by atoms with E-state index in [4.69, 9.17) is 4.84 Å². The Morgan fingerprint density at radius 1 is 1.26 bits per heavy atom. The van der Waals surface area contributed by atoms with Crippen LogP contribution in [0.15, 0.2) is 34.1 Å². The van der Waals surface area contributed by atoms with Crippen LogP contribution in [0.1, 0.15) is 29.8 Å². The predicted molar refractivity (Wildman–Crippen MR) is 65.0 cm³/mol. The number of aryl methyl sites for hydroxylation is 1. The summed E-state index contributed by atoms with van der Waals surface area (Å²) in [6.45, 7) is 0.0940. The van der Waals surface area contributed by atoms with Gasteiger partial charge in [0.25, 0.3) is 0 Å². The Bertz CT molecular complexity index is 609. The predicted octanol–water partition coefficient (Wildman–Crippen LogP) is 2.47. The molecule has 6 heteroatoms. The second-order valence-corrected chi connectivity index (χ2v) is 4.32. The number of halogens is 1. The van der Waals surface area contributed by atoms with E-state index < -0.39 is 0 Å². The zero-order valence-corrected chi connectivity index (χ0v) is 10.2. The fraction of sp³-hybridized carbons (Fsp3) is 0.308. The van der Waals surface area contributed by atoms with Gasteiger partial charge in [-0.2, -0.15) is 0 Å². The lowest BCUT2D eigenvalue weighted by Gasteiger charge is -2.09. The molecule has 0 bridgehead atoms. The highest BCUT2D eigenvalue weighted by molar-refractivity contribution is 6.00. The highest BCUT2D eigenvalue weighted by atomic mass is 19.1. The zero-order valence-electron chi connectivity index (χ0n) is 10.2. The number of rotatable bonds is 3. The molecule has 0 atom stereocenters. The number of benzene rings is 1. The number of hydrogen-bond donors (Lipinski definition) is 0. The highest BCUT2D eigenvalue weighted by Gasteiger charge is 2.21. The standard InChI is InChI=1S/C13H12FN3O2/c14-10-5-2-1-4-9(10)8-18-15-11-6-3-7-12-13(11)17-19-16-12/h1-2,4-5H,3,6-8H2/b15-11+. The van der Waals surface area contributed by atoms with Gasteiger partial charge < -0.3 is 4.84 Å². The lowest BCUT2D eigenvalue weighted by molar-refractivity contribution is 0.127. The summed E-state index contributed by atoms with van der Waals surface area (Å²) < 4.78 is 18.1. The van der Waals surface area contributed by atoms with Crippen LogP contribution in [-0.4, -0.2) is 16.0 Å². The first-order valence-corrected chi connectivity index (χ1v) is 6.08. The smallest absolute Gasteiger partial charge is 0.155 e. The van der Waals surface area contributed by atoms with Crippen LogP contribution in [0.25, 0.3) is 0 Å². The molecule has 2 aromatic rings. The molecule has 0 spiro atoms. The average molecular weight is 261 g/mol. The quantitative estimate of drug-likeness (QED) is 0.796. The Kier molecular flexibility index (Phi) is 3.22. The van der Waals surface area contributed by atoms with Gasteiger partial charge in [-0.05, 0) is 30.5 Å². The summed E-state index contributed by atoms with van der Waals surface area (Å²) in [4.78, 5) is 5.20. The molecule has 3 rings (SSSR count). The monoisotopic (exact) mass is 261 g/mol. The van der Waals surface area contributed by atoms with E-state index in [1.165, 1.54) is 6.07 Å². The van der Waals surface area contributed by atoms with E-state index in [-0.39, 0.29) is 12.4 Å². The summed E-state index contributed by atoms with van der Waals surface area (Å²) in [6, 6.07) is 6.46. The third-order valence-corrected chi connectivity index (χ3v) is 3.01. The fourth-order valence-corrected chi connectivity index (χ4v) is 2.02. The van der Waals surface area contributed by atoms with Gasteiger partial charge in [-0.1, -0.05) is 28.5 Å². The van der Waals surface area contributed by atoms with Gasteiger partial charge in [-0.3, -0.25) is 0 Å². The van der Waals surface area contributed by atoms with E-state index in [1.807, 2.05) is 0 Å².